The summed E-state index contributed by atoms with van der Waals surface area (Å²) in [5, 5.41) is 5.09. The number of anilines is 2. The maximum Gasteiger partial charge on any atom is 0.263 e. The molecule has 0 radical (unpaired) electrons. The van der Waals surface area contributed by atoms with Gasteiger partial charge in [0.2, 0.25) is 5.91 Å². The summed E-state index contributed by atoms with van der Waals surface area (Å²) in [4.78, 5) is 33.1. The van der Waals surface area contributed by atoms with E-state index >= 15 is 0 Å². The summed E-state index contributed by atoms with van der Waals surface area (Å²) >= 11 is 0. The molecule has 10 heteroatoms. The van der Waals surface area contributed by atoms with Crippen LogP contribution in [0.15, 0.2) is 59.5 Å². The van der Waals surface area contributed by atoms with Gasteiger partial charge in [0.15, 0.2) is 0 Å². The van der Waals surface area contributed by atoms with Crippen LogP contribution in [0.5, 0.6) is 5.75 Å². The van der Waals surface area contributed by atoms with Crippen molar-refractivity contribution in [3.05, 3.63) is 55.0 Å². The van der Waals surface area contributed by atoms with Crippen LogP contribution in [0.1, 0.15) is 12.8 Å². The average molecular weight is 500 g/mol. The normalized spacial score (nSPS) is 16.8. The van der Waals surface area contributed by atoms with Crippen LogP contribution in [-0.2, 0) is 4.79 Å². The minimum atomic E-state index is 0.0264. The van der Waals surface area contributed by atoms with Crippen LogP contribution in [0.4, 0.5) is 11.6 Å². The fourth-order valence-electron chi connectivity index (χ4n) is 5.25. The number of pyridine rings is 1. The first-order valence-corrected chi connectivity index (χ1v) is 12.7. The van der Waals surface area contributed by atoms with Crippen LogP contribution in [0, 0.1) is 5.92 Å². The van der Waals surface area contributed by atoms with Gasteiger partial charge in [-0.25, -0.2) is 9.97 Å². The van der Waals surface area contributed by atoms with Gasteiger partial charge >= 0.3 is 0 Å². The molecule has 6 rings (SSSR count). The molecule has 2 fully saturated rings. The van der Waals surface area contributed by atoms with Gasteiger partial charge in [0.05, 0.1) is 7.11 Å². The number of fused-ring (bicyclic) bond motifs is 1. The molecule has 2 aliphatic heterocycles. The summed E-state index contributed by atoms with van der Waals surface area (Å²) in [7, 11) is 1.64. The van der Waals surface area contributed by atoms with Gasteiger partial charge in [-0.15, -0.1) is 0 Å². The Morgan fingerprint density at radius 3 is 2.41 bits per heavy atom. The Morgan fingerprint density at radius 1 is 0.919 bits per heavy atom. The van der Waals surface area contributed by atoms with Crippen molar-refractivity contribution >= 4 is 28.6 Å². The Kier molecular flexibility index (Phi) is 6.30. The molecular weight excluding hydrogens is 470 g/mol. The van der Waals surface area contributed by atoms with E-state index in [1.165, 1.54) is 6.33 Å². The summed E-state index contributed by atoms with van der Waals surface area (Å²) in [5.41, 5.74) is 2.07. The first kappa shape index (κ1) is 23.2. The van der Waals surface area contributed by atoms with Crippen molar-refractivity contribution in [2.45, 2.75) is 12.8 Å². The molecule has 0 unspecified atom stereocenters. The summed E-state index contributed by atoms with van der Waals surface area (Å²) in [5.74, 6) is 2.84. The summed E-state index contributed by atoms with van der Waals surface area (Å²) in [6.45, 7) is 4.56. The van der Waals surface area contributed by atoms with E-state index in [1.54, 1.807) is 7.11 Å². The maximum absolute atomic E-state index is 13.3. The highest BCUT2D eigenvalue weighted by Gasteiger charge is 2.32. The lowest BCUT2D eigenvalue weighted by Gasteiger charge is -2.39. The molecule has 0 spiro atoms. The van der Waals surface area contributed by atoms with E-state index in [0.717, 1.165) is 80.4 Å². The van der Waals surface area contributed by atoms with E-state index in [1.807, 2.05) is 53.6 Å². The van der Waals surface area contributed by atoms with Crippen LogP contribution in [0.2, 0.25) is 0 Å². The van der Waals surface area contributed by atoms with E-state index in [2.05, 4.69) is 29.9 Å². The van der Waals surface area contributed by atoms with Crippen LogP contribution < -0.4 is 14.5 Å². The van der Waals surface area contributed by atoms with Crippen molar-refractivity contribution in [2.24, 2.45) is 5.92 Å². The molecule has 1 amide bonds. The molecule has 3 aromatic heterocycles. The van der Waals surface area contributed by atoms with Crippen molar-refractivity contribution in [3.8, 4) is 17.0 Å². The number of nitrogens with zero attached hydrogens (tertiary/aromatic N) is 7. The zero-order valence-corrected chi connectivity index (χ0v) is 20.8. The minimum absolute atomic E-state index is 0.0264. The number of methoxy groups -OCH3 is 1. The third-order valence-electron chi connectivity index (χ3n) is 7.32. The molecule has 2 saturated heterocycles. The number of piperidine rings is 1. The molecular formula is C27H29N7O3. The summed E-state index contributed by atoms with van der Waals surface area (Å²) < 4.78 is 10.8. The number of benzene rings is 1. The highest BCUT2D eigenvalue weighted by atomic mass is 16.5. The lowest BCUT2D eigenvalue weighted by atomic mass is 9.94. The number of hydrogen-bond acceptors (Lipinski definition) is 9. The predicted octanol–water partition coefficient (Wildman–Crippen LogP) is 3.25. The molecule has 4 aromatic rings. The molecule has 10 nitrogen and oxygen atoms in total. The smallest absolute Gasteiger partial charge is 0.263 e. The Balaban J connectivity index is 1.12. The van der Waals surface area contributed by atoms with Gasteiger partial charge in [-0.2, -0.15) is 4.98 Å². The number of hydrogen-bond donors (Lipinski definition) is 0. The number of carbonyl (C=O) groups excluding carboxylic acids is 1. The highest BCUT2D eigenvalue weighted by molar-refractivity contribution is 5.98. The van der Waals surface area contributed by atoms with E-state index in [-0.39, 0.29) is 11.8 Å². The number of piperazine rings is 1. The predicted molar refractivity (Wildman–Crippen MR) is 140 cm³/mol. The second kappa shape index (κ2) is 10.0. The highest BCUT2D eigenvalue weighted by Crippen LogP contribution is 2.35. The fraction of sp³-hybridized carbons (Fsp3) is 0.370. The number of carbonyl (C=O) groups is 1. The van der Waals surface area contributed by atoms with Gasteiger partial charge in [0.1, 0.15) is 34.8 Å². The van der Waals surface area contributed by atoms with Crippen LogP contribution in [0.25, 0.3) is 22.4 Å². The molecule has 5 heterocycles. The van der Waals surface area contributed by atoms with Gasteiger partial charge in [-0.05, 0) is 49.2 Å². The molecule has 0 bridgehead atoms. The second-order valence-electron chi connectivity index (χ2n) is 9.40. The maximum atomic E-state index is 13.3. The van der Waals surface area contributed by atoms with Gasteiger partial charge in [0, 0.05) is 56.9 Å². The lowest BCUT2D eigenvalue weighted by Crippen LogP contribution is -2.52. The Bertz CT molecular complexity index is 1360. The summed E-state index contributed by atoms with van der Waals surface area (Å²) in [6.07, 6.45) is 4.90. The second-order valence-corrected chi connectivity index (χ2v) is 9.40. The minimum Gasteiger partial charge on any atom is -0.497 e. The average Bonchev–Trinajstić information content (AvgIpc) is 3.42. The molecule has 0 N–H and O–H groups in total. The van der Waals surface area contributed by atoms with E-state index in [4.69, 9.17) is 9.26 Å². The summed E-state index contributed by atoms with van der Waals surface area (Å²) in [6, 6.07) is 13.6. The van der Waals surface area contributed by atoms with Crippen molar-refractivity contribution in [3.63, 3.8) is 0 Å². The van der Waals surface area contributed by atoms with Crippen LogP contribution in [0.3, 0.4) is 0 Å². The largest absolute Gasteiger partial charge is 0.497 e. The van der Waals surface area contributed by atoms with Gasteiger partial charge < -0.3 is 24.0 Å². The first-order chi connectivity index (χ1) is 18.2. The van der Waals surface area contributed by atoms with Gasteiger partial charge in [-0.1, -0.05) is 11.2 Å². The number of aromatic nitrogens is 4. The van der Waals surface area contributed by atoms with Crippen molar-refractivity contribution in [2.75, 3.05) is 56.2 Å². The standard InChI is InChI=1S/C27H29N7O3/c1-36-21-7-5-19(6-8-21)24-23-25(29-18-30-26(23)37-31-24)33-12-9-20(10-13-33)27(35)34-16-14-32(15-17-34)22-4-2-3-11-28-22/h2-8,11,18,20H,9-10,12-17H2,1H3. The van der Waals surface area contributed by atoms with Crippen LogP contribution in [-0.4, -0.2) is 77.3 Å². The Hall–Kier alpha value is -4.21. The zero-order valence-electron chi connectivity index (χ0n) is 20.8. The SMILES string of the molecule is COc1ccc(-c2noc3ncnc(N4CCC(C(=O)N5CCN(c6ccccn6)CC5)CC4)c23)cc1. The Morgan fingerprint density at radius 2 is 1.70 bits per heavy atom. The molecule has 0 aliphatic carbocycles. The topological polar surface area (TPSA) is 101 Å². The number of amides is 1. The quantitative estimate of drug-likeness (QED) is 0.410. The molecule has 2 aliphatic rings. The van der Waals surface area contributed by atoms with Gasteiger partial charge in [-0.3, -0.25) is 4.79 Å². The number of ether oxygens (including phenoxy) is 1. The monoisotopic (exact) mass is 499 g/mol. The fourth-order valence-corrected chi connectivity index (χ4v) is 5.25. The van der Waals surface area contributed by atoms with Gasteiger partial charge in [0.25, 0.3) is 5.71 Å². The van der Waals surface area contributed by atoms with E-state index < -0.39 is 0 Å². The molecule has 37 heavy (non-hydrogen) atoms. The van der Waals surface area contributed by atoms with Crippen molar-refractivity contribution < 1.29 is 14.1 Å². The van der Waals surface area contributed by atoms with E-state index in [9.17, 15) is 4.79 Å². The number of rotatable bonds is 5. The van der Waals surface area contributed by atoms with Crippen LogP contribution >= 0.6 is 0 Å². The third-order valence-corrected chi connectivity index (χ3v) is 7.32. The molecule has 0 saturated carbocycles. The van der Waals surface area contributed by atoms with E-state index in [0.29, 0.717) is 11.4 Å². The zero-order chi connectivity index (χ0) is 25.2. The molecule has 190 valence electrons. The van der Waals surface area contributed by atoms with Crippen molar-refractivity contribution in [1.82, 2.24) is 25.0 Å². The Labute approximate surface area is 214 Å². The third kappa shape index (κ3) is 4.54. The molecule has 0 atom stereocenters. The van der Waals surface area contributed by atoms with Crippen molar-refractivity contribution in [1.29, 1.82) is 0 Å². The molecule has 1 aromatic carbocycles. The lowest BCUT2D eigenvalue weighted by molar-refractivity contribution is -0.136. The first-order valence-electron chi connectivity index (χ1n) is 12.7.